The first-order chi connectivity index (χ1) is 23.2. The summed E-state index contributed by atoms with van der Waals surface area (Å²) in [6, 6.07) is 11.1. The van der Waals surface area contributed by atoms with Crippen LogP contribution in [0.1, 0.15) is 12.6 Å². The molecule has 2 aromatic carbocycles. The molecule has 1 unspecified atom stereocenters. The Morgan fingerprint density at radius 2 is 1.96 bits per heavy atom. The molecule has 0 saturated heterocycles. The third-order valence-corrected chi connectivity index (χ3v) is 9.47. The van der Waals surface area contributed by atoms with Crippen molar-refractivity contribution in [1.82, 2.24) is 29.2 Å². The van der Waals surface area contributed by atoms with E-state index in [1.807, 2.05) is 47.3 Å². The van der Waals surface area contributed by atoms with Crippen LogP contribution in [0.25, 0.3) is 54.9 Å². The number of hydrogen-bond donors (Lipinski definition) is 0. The maximum atomic E-state index is 16.1. The Morgan fingerprint density at radius 1 is 1.12 bits per heavy atom. The Morgan fingerprint density at radius 3 is 2.75 bits per heavy atom. The molecule has 1 amide bonds. The molecule has 0 bridgehead atoms. The molecule has 1 aliphatic rings. The van der Waals surface area contributed by atoms with Gasteiger partial charge in [0, 0.05) is 53.5 Å². The number of methoxy groups -OCH3 is 1. The zero-order chi connectivity index (χ0) is 33.7. The van der Waals surface area contributed by atoms with E-state index in [4.69, 9.17) is 19.6 Å². The zero-order valence-electron chi connectivity index (χ0n) is 26.4. The summed E-state index contributed by atoms with van der Waals surface area (Å²) in [6.07, 6.45) is 2.57. The Bertz CT molecular complexity index is 2310. The van der Waals surface area contributed by atoms with Gasteiger partial charge in [0.25, 0.3) is 5.56 Å². The van der Waals surface area contributed by atoms with Gasteiger partial charge in [0.1, 0.15) is 35.4 Å². The lowest BCUT2D eigenvalue weighted by atomic mass is 9.96. The lowest BCUT2D eigenvalue weighted by Crippen LogP contribution is -2.44. The number of hydrogen-bond acceptors (Lipinski definition) is 8. The largest absolute Gasteiger partial charge is 0.490 e. The molecule has 4 aromatic heterocycles. The summed E-state index contributed by atoms with van der Waals surface area (Å²) >= 11 is 1.38. The number of aromatic nitrogens is 5. The fourth-order valence-corrected chi connectivity index (χ4v) is 7.08. The number of pyridine rings is 1. The summed E-state index contributed by atoms with van der Waals surface area (Å²) in [6.45, 7) is 6.57. The van der Waals surface area contributed by atoms with Crippen molar-refractivity contribution in [3.63, 3.8) is 0 Å². The van der Waals surface area contributed by atoms with Crippen LogP contribution in [0.5, 0.6) is 5.75 Å². The van der Waals surface area contributed by atoms with Gasteiger partial charge >= 0.3 is 0 Å². The molecule has 244 valence electrons. The number of benzene rings is 2. The third-order valence-electron chi connectivity index (χ3n) is 8.54. The average Bonchev–Trinajstić information content (AvgIpc) is 3.73. The van der Waals surface area contributed by atoms with Gasteiger partial charge in [-0.05, 0) is 42.6 Å². The minimum absolute atomic E-state index is 0.00202. The van der Waals surface area contributed by atoms with Gasteiger partial charge in [-0.1, -0.05) is 12.6 Å². The standard InChI is InChI=1S/C35H30F2N6O4S/c1-5-29(44)42-18-22-15-26(40-43(22)17-19(42)2)34-32(31-24(37)13-21(36)14-28(31)47-10-9-46-4)35-23(8-11-48-35)33(39-34)20-6-7-25-27(12-20)41(3)30(45)16-38-25/h5-8,11-16,19H,1,9-10,17-18H2,2-4H3. The summed E-state index contributed by atoms with van der Waals surface area (Å²) in [5.74, 6) is -1.79. The van der Waals surface area contributed by atoms with E-state index in [2.05, 4.69) is 11.6 Å². The predicted octanol–water partition coefficient (Wildman–Crippen LogP) is 5.96. The highest BCUT2D eigenvalue weighted by molar-refractivity contribution is 7.18. The summed E-state index contributed by atoms with van der Waals surface area (Å²) in [5, 5.41) is 7.52. The van der Waals surface area contributed by atoms with Crippen LogP contribution in [0.15, 0.2) is 71.5 Å². The van der Waals surface area contributed by atoms with Crippen LogP contribution >= 0.6 is 11.3 Å². The summed E-state index contributed by atoms with van der Waals surface area (Å²) in [7, 11) is 3.19. The lowest BCUT2D eigenvalue weighted by Gasteiger charge is -2.33. The highest BCUT2D eigenvalue weighted by atomic mass is 32.1. The minimum Gasteiger partial charge on any atom is -0.490 e. The quantitative estimate of drug-likeness (QED) is 0.146. The zero-order valence-corrected chi connectivity index (χ0v) is 27.2. The topological polar surface area (TPSA) is 104 Å². The maximum absolute atomic E-state index is 16.1. The van der Waals surface area contributed by atoms with Gasteiger partial charge in [0.2, 0.25) is 5.91 Å². The molecule has 0 spiro atoms. The molecule has 48 heavy (non-hydrogen) atoms. The van der Waals surface area contributed by atoms with Crippen molar-refractivity contribution in [2.45, 2.75) is 26.1 Å². The van der Waals surface area contributed by atoms with Crippen LogP contribution in [0, 0.1) is 11.6 Å². The van der Waals surface area contributed by atoms with Crippen molar-refractivity contribution in [3.05, 3.63) is 94.4 Å². The number of thiophene rings is 1. The monoisotopic (exact) mass is 668 g/mol. The second kappa shape index (κ2) is 12.4. The van der Waals surface area contributed by atoms with Gasteiger partial charge in [0.05, 0.1) is 53.9 Å². The second-order valence-electron chi connectivity index (χ2n) is 11.5. The van der Waals surface area contributed by atoms with Crippen LogP contribution in [0.3, 0.4) is 0 Å². The van der Waals surface area contributed by atoms with E-state index in [1.165, 1.54) is 35.3 Å². The molecular formula is C35H30F2N6O4S. The highest BCUT2D eigenvalue weighted by Crippen LogP contribution is 2.47. The summed E-state index contributed by atoms with van der Waals surface area (Å²) in [5.41, 5.74) is 4.28. The van der Waals surface area contributed by atoms with Crippen molar-refractivity contribution in [1.29, 1.82) is 0 Å². The van der Waals surface area contributed by atoms with Crippen LogP contribution in [0.4, 0.5) is 8.78 Å². The molecule has 13 heteroatoms. The van der Waals surface area contributed by atoms with Crippen LogP contribution in [-0.4, -0.2) is 61.5 Å². The van der Waals surface area contributed by atoms with Gasteiger partial charge in [-0.25, -0.2) is 18.7 Å². The average molecular weight is 669 g/mol. The molecule has 0 radical (unpaired) electrons. The molecule has 0 saturated carbocycles. The molecule has 0 fully saturated rings. The molecule has 7 rings (SSSR count). The number of aryl methyl sites for hydroxylation is 1. The first-order valence-corrected chi connectivity index (χ1v) is 16.0. The SMILES string of the molecule is C=CC(=O)N1Cc2cc(-c3nc(-c4ccc5ncc(=O)n(C)c5c4)c4ccsc4c3-c3c(F)cc(F)cc3OCCOC)nn2CC1C. The molecule has 0 N–H and O–H groups in total. The Kier molecular flexibility index (Phi) is 8.09. The molecule has 5 heterocycles. The highest BCUT2D eigenvalue weighted by Gasteiger charge is 2.30. The fraction of sp³-hybridized carbons (Fsp3) is 0.229. The van der Waals surface area contributed by atoms with E-state index in [-0.39, 0.29) is 42.0 Å². The van der Waals surface area contributed by atoms with Crippen molar-refractivity contribution in [2.75, 3.05) is 20.3 Å². The molecule has 1 atom stereocenters. The number of rotatable bonds is 8. The predicted molar refractivity (Wildman–Crippen MR) is 180 cm³/mol. The van der Waals surface area contributed by atoms with E-state index in [0.29, 0.717) is 57.0 Å². The molecule has 10 nitrogen and oxygen atoms in total. The smallest absolute Gasteiger partial charge is 0.269 e. The molecule has 1 aliphatic heterocycles. The van der Waals surface area contributed by atoms with Crippen LogP contribution in [-0.2, 0) is 29.7 Å². The Labute approximate surface area is 277 Å². The van der Waals surface area contributed by atoms with Crippen LogP contribution in [0.2, 0.25) is 0 Å². The van der Waals surface area contributed by atoms with Crippen molar-refractivity contribution >= 4 is 38.4 Å². The van der Waals surface area contributed by atoms with Gasteiger partial charge in [-0.2, -0.15) is 5.10 Å². The number of carbonyl (C=O) groups is 1. The van der Waals surface area contributed by atoms with Crippen molar-refractivity contribution in [2.24, 2.45) is 7.05 Å². The normalized spacial score (nSPS) is 14.4. The van der Waals surface area contributed by atoms with E-state index < -0.39 is 11.6 Å². The Balaban J connectivity index is 1.51. The van der Waals surface area contributed by atoms with E-state index in [1.54, 1.807) is 11.9 Å². The maximum Gasteiger partial charge on any atom is 0.269 e. The lowest BCUT2D eigenvalue weighted by molar-refractivity contribution is -0.129. The fourth-order valence-electron chi connectivity index (χ4n) is 6.13. The van der Waals surface area contributed by atoms with Crippen LogP contribution < -0.4 is 10.3 Å². The third kappa shape index (κ3) is 5.34. The van der Waals surface area contributed by atoms with Gasteiger partial charge in [-0.3, -0.25) is 14.3 Å². The number of carbonyl (C=O) groups excluding carboxylic acids is 1. The summed E-state index contributed by atoms with van der Waals surface area (Å²) < 4.78 is 45.8. The number of fused-ring (bicyclic) bond motifs is 3. The molecular weight excluding hydrogens is 638 g/mol. The van der Waals surface area contributed by atoms with Gasteiger partial charge in [-0.15, -0.1) is 11.3 Å². The molecule has 6 aromatic rings. The van der Waals surface area contributed by atoms with Gasteiger partial charge in [0.15, 0.2) is 0 Å². The first kappa shape index (κ1) is 31.3. The Hall–Kier alpha value is -5.27. The first-order valence-electron chi connectivity index (χ1n) is 15.2. The van der Waals surface area contributed by atoms with E-state index in [9.17, 15) is 14.0 Å². The number of halogens is 2. The van der Waals surface area contributed by atoms with E-state index in [0.717, 1.165) is 23.2 Å². The second-order valence-corrected chi connectivity index (χ2v) is 12.4. The van der Waals surface area contributed by atoms with E-state index >= 15 is 4.39 Å². The van der Waals surface area contributed by atoms with Gasteiger partial charge < -0.3 is 18.9 Å². The van der Waals surface area contributed by atoms with Crippen molar-refractivity contribution in [3.8, 4) is 39.5 Å². The number of nitrogens with zero attached hydrogens (tertiary/aromatic N) is 6. The number of ether oxygens (including phenoxy) is 2. The number of amides is 1. The van der Waals surface area contributed by atoms with Crippen molar-refractivity contribution < 1.29 is 23.0 Å². The molecule has 0 aliphatic carbocycles. The summed E-state index contributed by atoms with van der Waals surface area (Å²) in [4.78, 5) is 36.2. The minimum atomic E-state index is -0.819.